The van der Waals surface area contributed by atoms with Gasteiger partial charge in [0.15, 0.2) is 17.1 Å². The molecule has 40 heavy (non-hydrogen) atoms. The molecule has 0 aliphatic heterocycles. The highest BCUT2D eigenvalue weighted by atomic mass is 32.2. The Labute approximate surface area is 226 Å². The number of aromatic nitrogens is 3. The SMILES string of the molecule is Cc1noc(C)c1N(C(=O)c1cnoc1C)S(=O)(=O)Nc1ccc(NC(=O)C(C#N)=C(O)c2cnoc2C)cc1. The quantitative estimate of drug-likeness (QED) is 0.159. The van der Waals surface area contributed by atoms with Gasteiger partial charge >= 0.3 is 10.2 Å². The first-order valence-electron chi connectivity index (χ1n) is 11.3. The number of hydrogen-bond donors (Lipinski definition) is 3. The molecule has 4 aromatic rings. The second-order valence-corrected chi connectivity index (χ2v) is 9.83. The molecule has 3 heterocycles. The maximum Gasteiger partial charge on any atom is 0.331 e. The number of rotatable bonds is 8. The summed E-state index contributed by atoms with van der Waals surface area (Å²) in [5.41, 5.74) is -0.327. The summed E-state index contributed by atoms with van der Waals surface area (Å²) in [5.74, 6) is -2.10. The molecule has 4 rings (SSSR count). The normalized spacial score (nSPS) is 11.9. The van der Waals surface area contributed by atoms with E-state index in [2.05, 4.69) is 25.5 Å². The van der Waals surface area contributed by atoms with Crippen molar-refractivity contribution in [1.29, 1.82) is 5.26 Å². The molecule has 0 fully saturated rings. The maximum atomic E-state index is 13.5. The average Bonchev–Trinajstić information content (AvgIpc) is 3.61. The third-order valence-electron chi connectivity index (χ3n) is 5.58. The molecule has 0 radical (unpaired) electrons. The molecule has 0 spiro atoms. The Balaban J connectivity index is 1.59. The first-order chi connectivity index (χ1) is 18.9. The summed E-state index contributed by atoms with van der Waals surface area (Å²) in [6.45, 7) is 5.89. The van der Waals surface area contributed by atoms with Crippen molar-refractivity contribution < 1.29 is 36.7 Å². The lowest BCUT2D eigenvalue weighted by atomic mass is 10.1. The highest BCUT2D eigenvalue weighted by Crippen LogP contribution is 2.30. The lowest BCUT2D eigenvalue weighted by Gasteiger charge is -2.22. The Hall–Kier alpha value is -5.43. The van der Waals surface area contributed by atoms with Gasteiger partial charge in [-0.1, -0.05) is 15.5 Å². The fourth-order valence-corrected chi connectivity index (χ4v) is 4.94. The van der Waals surface area contributed by atoms with Crippen molar-refractivity contribution in [2.24, 2.45) is 0 Å². The molecular weight excluding hydrogens is 546 g/mol. The molecule has 3 N–H and O–H groups in total. The van der Waals surface area contributed by atoms with E-state index in [0.717, 1.165) is 12.4 Å². The van der Waals surface area contributed by atoms with E-state index in [1.54, 1.807) is 6.07 Å². The third-order valence-corrected chi connectivity index (χ3v) is 6.90. The Bertz CT molecular complexity index is 1760. The average molecular weight is 568 g/mol. The molecule has 15 nitrogen and oxygen atoms in total. The lowest BCUT2D eigenvalue weighted by Crippen LogP contribution is -2.41. The highest BCUT2D eigenvalue weighted by molar-refractivity contribution is 7.94. The van der Waals surface area contributed by atoms with Gasteiger partial charge in [0, 0.05) is 5.69 Å². The van der Waals surface area contributed by atoms with E-state index in [-0.39, 0.29) is 51.2 Å². The number of aliphatic hydroxyl groups excluding tert-OH is 1. The zero-order valence-electron chi connectivity index (χ0n) is 21.4. The summed E-state index contributed by atoms with van der Waals surface area (Å²) in [5, 5.41) is 33.0. The molecule has 0 aliphatic rings. The summed E-state index contributed by atoms with van der Waals surface area (Å²) in [4.78, 5) is 25.9. The second-order valence-electron chi connectivity index (χ2n) is 8.31. The lowest BCUT2D eigenvalue weighted by molar-refractivity contribution is -0.112. The van der Waals surface area contributed by atoms with Crippen LogP contribution in [0.2, 0.25) is 0 Å². The highest BCUT2D eigenvalue weighted by Gasteiger charge is 2.36. The number of benzene rings is 1. The van der Waals surface area contributed by atoms with E-state index in [0.29, 0.717) is 4.31 Å². The van der Waals surface area contributed by atoms with Crippen LogP contribution in [0, 0.1) is 39.0 Å². The molecule has 206 valence electrons. The minimum atomic E-state index is -4.60. The summed E-state index contributed by atoms with van der Waals surface area (Å²) >= 11 is 0. The molecule has 2 amide bonds. The predicted octanol–water partition coefficient (Wildman–Crippen LogP) is 3.32. The van der Waals surface area contributed by atoms with Crippen LogP contribution in [0.4, 0.5) is 17.1 Å². The molecule has 1 aromatic carbocycles. The van der Waals surface area contributed by atoms with Crippen molar-refractivity contribution in [2.75, 3.05) is 14.3 Å². The Morgan fingerprint density at radius 2 is 1.50 bits per heavy atom. The Morgan fingerprint density at radius 1 is 0.925 bits per heavy atom. The molecule has 0 saturated heterocycles. The third kappa shape index (κ3) is 5.26. The number of nitrogens with zero attached hydrogens (tertiary/aromatic N) is 5. The molecular formula is C24H21N7O8S. The summed E-state index contributed by atoms with van der Waals surface area (Å²) < 4.78 is 44.6. The van der Waals surface area contributed by atoms with E-state index in [1.807, 2.05) is 0 Å². The van der Waals surface area contributed by atoms with Crippen LogP contribution in [0.3, 0.4) is 0 Å². The van der Waals surface area contributed by atoms with Gasteiger partial charge in [-0.05, 0) is 52.0 Å². The van der Waals surface area contributed by atoms with Gasteiger partial charge in [0.25, 0.3) is 11.8 Å². The van der Waals surface area contributed by atoms with Crippen LogP contribution < -0.4 is 14.3 Å². The van der Waals surface area contributed by atoms with Crippen LogP contribution in [-0.2, 0) is 15.0 Å². The molecule has 3 aromatic heterocycles. The first-order valence-corrected chi connectivity index (χ1v) is 12.8. The van der Waals surface area contributed by atoms with Crippen molar-refractivity contribution in [3.8, 4) is 6.07 Å². The second kappa shape index (κ2) is 10.7. The largest absolute Gasteiger partial charge is 0.506 e. The van der Waals surface area contributed by atoms with Crippen LogP contribution in [0.1, 0.15) is 38.9 Å². The number of hydrogen-bond acceptors (Lipinski definition) is 12. The van der Waals surface area contributed by atoms with E-state index < -0.39 is 33.4 Å². The standard InChI is InChI=1S/C24H21N7O8S/c1-12-21(15(4)39-29-12)31(24(34)20-11-27-38-14(20)3)40(35,36)30-17-7-5-16(6-8-17)28-23(33)18(9-25)22(32)19-10-26-37-13(19)2/h5-8,10-11,30,32H,1-4H3,(H,28,33). The van der Waals surface area contributed by atoms with Crippen LogP contribution in [0.25, 0.3) is 5.76 Å². The van der Waals surface area contributed by atoms with Gasteiger partial charge in [-0.15, -0.1) is 0 Å². The van der Waals surface area contributed by atoms with E-state index in [9.17, 15) is 28.4 Å². The van der Waals surface area contributed by atoms with Gasteiger partial charge in [-0.2, -0.15) is 18.0 Å². The predicted molar refractivity (Wildman–Crippen MR) is 138 cm³/mol. The topological polar surface area (TPSA) is 218 Å². The summed E-state index contributed by atoms with van der Waals surface area (Å²) in [6.07, 6.45) is 2.26. The summed E-state index contributed by atoms with van der Waals surface area (Å²) in [7, 11) is -4.60. The van der Waals surface area contributed by atoms with Gasteiger partial charge in [0.2, 0.25) is 0 Å². The molecule has 0 atom stereocenters. The molecule has 0 unspecified atom stereocenters. The van der Waals surface area contributed by atoms with E-state index >= 15 is 0 Å². The van der Waals surface area contributed by atoms with Gasteiger partial charge in [-0.25, -0.2) is 0 Å². The molecule has 0 aliphatic carbocycles. The van der Waals surface area contributed by atoms with Gasteiger partial charge in [-0.3, -0.25) is 14.3 Å². The van der Waals surface area contributed by atoms with Crippen molar-refractivity contribution in [2.45, 2.75) is 27.7 Å². The number of anilines is 3. The Kier molecular flexibility index (Phi) is 7.41. The van der Waals surface area contributed by atoms with Crippen molar-refractivity contribution in [3.05, 3.63) is 76.3 Å². The van der Waals surface area contributed by atoms with Crippen LogP contribution in [-0.4, -0.2) is 40.8 Å². The van der Waals surface area contributed by atoms with Crippen LogP contribution in [0.5, 0.6) is 0 Å². The minimum Gasteiger partial charge on any atom is -0.506 e. The maximum absolute atomic E-state index is 13.5. The van der Waals surface area contributed by atoms with Gasteiger partial charge in [0.1, 0.15) is 34.5 Å². The Morgan fingerprint density at radius 3 is 2.00 bits per heavy atom. The number of aliphatic hydroxyl groups is 1. The monoisotopic (exact) mass is 567 g/mol. The summed E-state index contributed by atoms with van der Waals surface area (Å²) in [6, 6.07) is 6.95. The van der Waals surface area contributed by atoms with Crippen molar-refractivity contribution >= 4 is 44.8 Å². The smallest absolute Gasteiger partial charge is 0.331 e. The van der Waals surface area contributed by atoms with Gasteiger partial charge in [0.05, 0.1) is 23.6 Å². The molecule has 0 bridgehead atoms. The van der Waals surface area contributed by atoms with Crippen molar-refractivity contribution in [3.63, 3.8) is 0 Å². The van der Waals surface area contributed by atoms with E-state index in [1.165, 1.54) is 52.0 Å². The number of nitriles is 1. The number of carbonyl (C=O) groups is 2. The minimum absolute atomic E-state index is 0.0311. The van der Waals surface area contributed by atoms with Crippen LogP contribution in [0.15, 0.2) is 55.8 Å². The number of nitrogens with one attached hydrogen (secondary N) is 2. The zero-order chi connectivity index (χ0) is 29.2. The molecule has 16 heteroatoms. The van der Waals surface area contributed by atoms with Crippen molar-refractivity contribution in [1.82, 2.24) is 15.5 Å². The first kappa shape index (κ1) is 27.6. The number of amides is 2. The zero-order valence-corrected chi connectivity index (χ0v) is 22.2. The van der Waals surface area contributed by atoms with Gasteiger partial charge < -0.3 is 24.0 Å². The fraction of sp³-hybridized carbons (Fsp3) is 0.167. The van der Waals surface area contributed by atoms with Crippen LogP contribution >= 0.6 is 0 Å². The number of aryl methyl sites for hydroxylation is 4. The number of carbonyl (C=O) groups excluding carboxylic acids is 2. The van der Waals surface area contributed by atoms with E-state index in [4.69, 9.17) is 13.6 Å². The molecule has 0 saturated carbocycles. The fourth-order valence-electron chi connectivity index (χ4n) is 3.59.